The van der Waals surface area contributed by atoms with Crippen molar-refractivity contribution in [2.75, 3.05) is 0 Å². The SMILES string of the molecule is Cc1cc([N+](=O)[O-])c(C)cc1-c1ccc(C=Nc2sc3c(c2C#N)CCCC3)o1. The Morgan fingerprint density at radius 2 is 2.03 bits per heavy atom. The van der Waals surface area contributed by atoms with Crippen molar-refractivity contribution in [2.24, 2.45) is 4.99 Å². The van der Waals surface area contributed by atoms with E-state index < -0.39 is 0 Å². The second-order valence-electron chi connectivity index (χ2n) is 7.17. The predicted octanol–water partition coefficient (Wildman–Crippen LogP) is 6.03. The topological polar surface area (TPSA) is 92.4 Å². The lowest BCUT2D eigenvalue weighted by Gasteiger charge is -2.09. The molecule has 0 bridgehead atoms. The van der Waals surface area contributed by atoms with Crippen molar-refractivity contribution >= 4 is 28.2 Å². The summed E-state index contributed by atoms with van der Waals surface area (Å²) in [6.45, 7) is 3.54. The molecule has 29 heavy (non-hydrogen) atoms. The molecule has 0 aliphatic heterocycles. The van der Waals surface area contributed by atoms with Crippen LogP contribution < -0.4 is 0 Å². The molecule has 0 saturated heterocycles. The highest BCUT2D eigenvalue weighted by atomic mass is 32.1. The molecule has 0 spiro atoms. The second-order valence-corrected chi connectivity index (χ2v) is 8.26. The van der Waals surface area contributed by atoms with Gasteiger partial charge in [-0.25, -0.2) is 4.99 Å². The number of thiophene rings is 1. The lowest BCUT2D eigenvalue weighted by atomic mass is 9.96. The summed E-state index contributed by atoms with van der Waals surface area (Å²) in [5, 5.41) is 21.4. The van der Waals surface area contributed by atoms with Crippen molar-refractivity contribution in [3.8, 4) is 17.4 Å². The number of nitrogens with zero attached hydrogens (tertiary/aromatic N) is 3. The van der Waals surface area contributed by atoms with E-state index in [2.05, 4.69) is 11.1 Å². The summed E-state index contributed by atoms with van der Waals surface area (Å²) < 4.78 is 5.91. The van der Waals surface area contributed by atoms with E-state index in [4.69, 9.17) is 4.42 Å². The molecular weight excluding hydrogens is 386 g/mol. The minimum Gasteiger partial charge on any atom is -0.455 e. The third-order valence-electron chi connectivity index (χ3n) is 5.21. The van der Waals surface area contributed by atoms with Crippen LogP contribution >= 0.6 is 11.3 Å². The van der Waals surface area contributed by atoms with Gasteiger partial charge >= 0.3 is 0 Å². The summed E-state index contributed by atoms with van der Waals surface area (Å²) in [5.74, 6) is 1.21. The van der Waals surface area contributed by atoms with Crippen LogP contribution in [-0.4, -0.2) is 11.1 Å². The van der Waals surface area contributed by atoms with Gasteiger partial charge in [0.15, 0.2) is 0 Å². The Labute approximate surface area is 172 Å². The highest BCUT2D eigenvalue weighted by molar-refractivity contribution is 7.16. The first-order valence-corrected chi connectivity index (χ1v) is 10.2. The van der Waals surface area contributed by atoms with Gasteiger partial charge in [-0.1, -0.05) is 0 Å². The molecule has 0 radical (unpaired) electrons. The van der Waals surface area contributed by atoms with E-state index in [-0.39, 0.29) is 10.6 Å². The lowest BCUT2D eigenvalue weighted by molar-refractivity contribution is -0.385. The number of fused-ring (bicyclic) bond motifs is 1. The lowest BCUT2D eigenvalue weighted by Crippen LogP contribution is -1.99. The Morgan fingerprint density at radius 1 is 1.24 bits per heavy atom. The first-order valence-electron chi connectivity index (χ1n) is 9.42. The highest BCUT2D eigenvalue weighted by Gasteiger charge is 2.20. The summed E-state index contributed by atoms with van der Waals surface area (Å²) in [6.07, 6.45) is 5.89. The maximum atomic E-state index is 11.1. The number of hydrogen-bond acceptors (Lipinski definition) is 6. The summed E-state index contributed by atoms with van der Waals surface area (Å²) in [6, 6.07) is 9.30. The van der Waals surface area contributed by atoms with E-state index in [1.54, 1.807) is 36.6 Å². The molecule has 1 aliphatic rings. The number of nitriles is 1. The Kier molecular flexibility index (Phi) is 5.03. The van der Waals surface area contributed by atoms with Crippen molar-refractivity contribution in [2.45, 2.75) is 39.5 Å². The molecular formula is C22H19N3O3S. The van der Waals surface area contributed by atoms with Crippen molar-refractivity contribution in [1.82, 2.24) is 0 Å². The number of furan rings is 1. The van der Waals surface area contributed by atoms with E-state index in [1.165, 1.54) is 4.88 Å². The molecule has 0 N–H and O–H groups in total. The van der Waals surface area contributed by atoms with Gasteiger partial charge in [0.25, 0.3) is 5.69 Å². The maximum Gasteiger partial charge on any atom is 0.272 e. The molecule has 0 fully saturated rings. The van der Waals surface area contributed by atoms with Gasteiger partial charge in [0.2, 0.25) is 0 Å². The fourth-order valence-corrected chi connectivity index (χ4v) is 4.89. The molecule has 6 nitrogen and oxygen atoms in total. The molecule has 1 aromatic carbocycles. The molecule has 0 saturated carbocycles. The number of hydrogen-bond donors (Lipinski definition) is 0. The number of nitro benzene ring substituents is 1. The molecule has 4 rings (SSSR count). The van der Waals surface area contributed by atoms with Crippen molar-refractivity contribution in [3.63, 3.8) is 0 Å². The zero-order valence-electron chi connectivity index (χ0n) is 16.2. The van der Waals surface area contributed by atoms with Crippen molar-refractivity contribution < 1.29 is 9.34 Å². The number of benzene rings is 1. The quantitative estimate of drug-likeness (QED) is 0.301. The van der Waals surface area contributed by atoms with E-state index in [1.807, 2.05) is 19.1 Å². The summed E-state index contributed by atoms with van der Waals surface area (Å²) >= 11 is 1.59. The molecule has 2 aromatic heterocycles. The van der Waals surface area contributed by atoms with Crippen LogP contribution in [0, 0.1) is 35.3 Å². The largest absolute Gasteiger partial charge is 0.455 e. The van der Waals surface area contributed by atoms with Gasteiger partial charge < -0.3 is 4.42 Å². The summed E-state index contributed by atoms with van der Waals surface area (Å²) in [5.41, 5.74) is 4.13. The smallest absolute Gasteiger partial charge is 0.272 e. The van der Waals surface area contributed by atoms with Gasteiger partial charge in [0, 0.05) is 22.1 Å². The Morgan fingerprint density at radius 3 is 2.79 bits per heavy atom. The monoisotopic (exact) mass is 405 g/mol. The summed E-state index contributed by atoms with van der Waals surface area (Å²) in [7, 11) is 0. The van der Waals surface area contributed by atoms with Crippen LogP contribution in [0.25, 0.3) is 11.3 Å². The predicted molar refractivity (Wildman–Crippen MR) is 113 cm³/mol. The zero-order valence-corrected chi connectivity index (χ0v) is 17.0. The first kappa shape index (κ1) is 19.1. The van der Waals surface area contributed by atoms with Gasteiger partial charge in [-0.05, 0) is 68.9 Å². The normalized spacial score (nSPS) is 13.4. The van der Waals surface area contributed by atoms with E-state index in [9.17, 15) is 15.4 Å². The second kappa shape index (κ2) is 7.64. The van der Waals surface area contributed by atoms with Crippen molar-refractivity contribution in [1.29, 1.82) is 5.26 Å². The molecule has 2 heterocycles. The standard InChI is InChI=1S/C22H19N3O3S/c1-13-10-19(25(26)27)14(2)9-17(13)20-8-7-15(28-20)12-24-22-18(11-23)16-5-3-4-6-21(16)29-22/h7-10,12H,3-6H2,1-2H3. The maximum absolute atomic E-state index is 11.1. The Hall–Kier alpha value is -3.24. The number of rotatable bonds is 4. The minimum absolute atomic E-state index is 0.102. The number of aliphatic imine (C=N–C) groups is 1. The van der Waals surface area contributed by atoms with Gasteiger partial charge in [0.05, 0.1) is 16.7 Å². The molecule has 146 valence electrons. The highest BCUT2D eigenvalue weighted by Crippen LogP contribution is 2.39. The fourth-order valence-electron chi connectivity index (χ4n) is 3.71. The average molecular weight is 405 g/mol. The van der Waals surface area contributed by atoms with E-state index in [0.29, 0.717) is 22.6 Å². The molecule has 0 atom stereocenters. The molecule has 0 unspecified atom stereocenters. The van der Waals surface area contributed by atoms with Gasteiger partial charge in [-0.15, -0.1) is 11.3 Å². The summed E-state index contributed by atoms with van der Waals surface area (Å²) in [4.78, 5) is 16.5. The minimum atomic E-state index is -0.375. The van der Waals surface area contributed by atoms with Gasteiger partial charge in [0.1, 0.15) is 22.6 Å². The van der Waals surface area contributed by atoms with Crippen LogP contribution in [0.2, 0.25) is 0 Å². The number of aryl methyl sites for hydroxylation is 3. The van der Waals surface area contributed by atoms with Crippen LogP contribution in [-0.2, 0) is 12.8 Å². The van der Waals surface area contributed by atoms with E-state index in [0.717, 1.165) is 47.4 Å². The van der Waals surface area contributed by atoms with Crippen LogP contribution in [0.15, 0.2) is 33.7 Å². The van der Waals surface area contributed by atoms with Crippen LogP contribution in [0.1, 0.15) is 45.7 Å². The zero-order chi connectivity index (χ0) is 20.5. The molecule has 3 aromatic rings. The third-order valence-corrected chi connectivity index (χ3v) is 6.41. The Balaban J connectivity index is 1.63. The third kappa shape index (κ3) is 3.59. The van der Waals surface area contributed by atoms with Gasteiger partial charge in [-0.3, -0.25) is 10.1 Å². The average Bonchev–Trinajstić information content (AvgIpc) is 3.31. The van der Waals surface area contributed by atoms with Crippen molar-refractivity contribution in [3.05, 3.63) is 67.3 Å². The Bertz CT molecular complexity index is 1180. The van der Waals surface area contributed by atoms with Gasteiger partial charge in [-0.2, -0.15) is 5.26 Å². The van der Waals surface area contributed by atoms with Crippen LogP contribution in [0.4, 0.5) is 10.7 Å². The molecule has 1 aliphatic carbocycles. The van der Waals surface area contributed by atoms with Crippen LogP contribution in [0.5, 0.6) is 0 Å². The van der Waals surface area contributed by atoms with E-state index >= 15 is 0 Å². The molecule has 0 amide bonds. The van der Waals surface area contributed by atoms with Crippen LogP contribution in [0.3, 0.4) is 0 Å². The molecule has 7 heteroatoms. The fraction of sp³-hybridized carbons (Fsp3) is 0.273. The number of nitro groups is 1. The first-order chi connectivity index (χ1) is 14.0.